The molecular formula is C14H21NS2. The topological polar surface area (TPSA) is 12.0 Å². The molecule has 1 fully saturated rings. The van der Waals surface area contributed by atoms with Crippen LogP contribution in [-0.4, -0.2) is 23.8 Å². The molecule has 0 spiro atoms. The fourth-order valence-corrected chi connectivity index (χ4v) is 3.55. The summed E-state index contributed by atoms with van der Waals surface area (Å²) < 4.78 is 0.541. The van der Waals surface area contributed by atoms with Crippen molar-refractivity contribution in [3.05, 3.63) is 29.8 Å². The van der Waals surface area contributed by atoms with Crippen molar-refractivity contribution in [3.63, 3.8) is 0 Å². The quantitative estimate of drug-likeness (QED) is 0.788. The minimum atomic E-state index is 0.541. The van der Waals surface area contributed by atoms with Crippen LogP contribution in [0.15, 0.2) is 29.2 Å². The Hall–Kier alpha value is -0.120. The van der Waals surface area contributed by atoms with E-state index in [1.807, 2.05) is 11.8 Å². The molecule has 0 atom stereocenters. The molecule has 0 aliphatic heterocycles. The van der Waals surface area contributed by atoms with Gasteiger partial charge in [-0.1, -0.05) is 18.6 Å². The van der Waals surface area contributed by atoms with Gasteiger partial charge in [0.15, 0.2) is 0 Å². The first kappa shape index (κ1) is 13.3. The molecule has 1 saturated carbocycles. The Morgan fingerprint density at radius 3 is 2.35 bits per heavy atom. The second kappa shape index (κ2) is 6.17. The maximum atomic E-state index is 3.61. The summed E-state index contributed by atoms with van der Waals surface area (Å²) in [5.41, 5.74) is 1.39. The van der Waals surface area contributed by atoms with E-state index in [2.05, 4.69) is 42.1 Å². The molecule has 1 aromatic rings. The molecule has 94 valence electrons. The van der Waals surface area contributed by atoms with Gasteiger partial charge in [-0.3, -0.25) is 0 Å². The molecule has 0 unspecified atom stereocenters. The lowest BCUT2D eigenvalue weighted by molar-refractivity contribution is 0.345. The Bertz CT molecular complexity index is 338. The van der Waals surface area contributed by atoms with E-state index in [1.165, 1.54) is 29.7 Å². The number of hydrogen-bond acceptors (Lipinski definition) is 3. The van der Waals surface area contributed by atoms with Crippen LogP contribution in [0.2, 0.25) is 0 Å². The smallest absolute Gasteiger partial charge is 0.0281 e. The van der Waals surface area contributed by atoms with Gasteiger partial charge in [0.2, 0.25) is 0 Å². The Morgan fingerprint density at radius 2 is 1.88 bits per heavy atom. The third-order valence-corrected chi connectivity index (χ3v) is 5.80. The predicted molar refractivity (Wildman–Crippen MR) is 80.0 cm³/mol. The zero-order valence-electron chi connectivity index (χ0n) is 10.7. The standard InChI is InChI=1S/C14H21NS2/c1-16-13-6-4-12(5-7-13)10-15-11-14(17-2)8-3-9-14/h4-7,15H,3,8-11H2,1-2H3. The molecule has 0 saturated heterocycles. The van der Waals surface area contributed by atoms with E-state index in [-0.39, 0.29) is 0 Å². The molecule has 1 aliphatic carbocycles. The van der Waals surface area contributed by atoms with E-state index in [1.54, 1.807) is 11.8 Å². The monoisotopic (exact) mass is 267 g/mol. The van der Waals surface area contributed by atoms with Gasteiger partial charge in [0.1, 0.15) is 0 Å². The predicted octanol–water partition coefficient (Wildman–Crippen LogP) is 3.78. The van der Waals surface area contributed by atoms with Crippen molar-refractivity contribution in [2.24, 2.45) is 0 Å². The number of hydrogen-bond donors (Lipinski definition) is 1. The van der Waals surface area contributed by atoms with Gasteiger partial charge >= 0.3 is 0 Å². The molecule has 1 nitrogen and oxygen atoms in total. The Kier molecular flexibility index (Phi) is 4.83. The van der Waals surface area contributed by atoms with Crippen LogP contribution in [0.3, 0.4) is 0 Å². The van der Waals surface area contributed by atoms with Crippen molar-refractivity contribution in [2.75, 3.05) is 19.1 Å². The van der Waals surface area contributed by atoms with Crippen molar-refractivity contribution in [1.29, 1.82) is 0 Å². The second-order valence-electron chi connectivity index (χ2n) is 4.69. The van der Waals surface area contributed by atoms with Gasteiger partial charge in [0.05, 0.1) is 0 Å². The molecule has 3 heteroatoms. The van der Waals surface area contributed by atoms with Crippen LogP contribution >= 0.6 is 23.5 Å². The van der Waals surface area contributed by atoms with Gasteiger partial charge in [0, 0.05) is 22.7 Å². The van der Waals surface area contributed by atoms with Gasteiger partial charge in [-0.15, -0.1) is 11.8 Å². The normalized spacial score (nSPS) is 17.8. The zero-order valence-corrected chi connectivity index (χ0v) is 12.3. The molecule has 0 bridgehead atoms. The lowest BCUT2D eigenvalue weighted by atomic mass is 9.84. The molecule has 2 rings (SSSR count). The second-order valence-corrected chi connectivity index (χ2v) is 6.85. The van der Waals surface area contributed by atoms with E-state index in [0.717, 1.165) is 13.1 Å². The summed E-state index contributed by atoms with van der Waals surface area (Å²) >= 11 is 3.83. The highest BCUT2D eigenvalue weighted by atomic mass is 32.2. The van der Waals surface area contributed by atoms with E-state index in [9.17, 15) is 0 Å². The lowest BCUT2D eigenvalue weighted by Crippen LogP contribution is -2.43. The highest BCUT2D eigenvalue weighted by Gasteiger charge is 2.35. The van der Waals surface area contributed by atoms with Crippen molar-refractivity contribution in [3.8, 4) is 0 Å². The van der Waals surface area contributed by atoms with Crippen LogP contribution in [0, 0.1) is 0 Å². The summed E-state index contributed by atoms with van der Waals surface area (Å²) in [6.45, 7) is 2.15. The molecule has 17 heavy (non-hydrogen) atoms. The van der Waals surface area contributed by atoms with Crippen LogP contribution in [0.5, 0.6) is 0 Å². The Labute approximate surface area is 113 Å². The minimum Gasteiger partial charge on any atom is -0.311 e. The number of nitrogens with one attached hydrogen (secondary N) is 1. The number of benzene rings is 1. The summed E-state index contributed by atoms with van der Waals surface area (Å²) in [4.78, 5) is 1.34. The SMILES string of the molecule is CSc1ccc(CNCC2(SC)CCC2)cc1. The summed E-state index contributed by atoms with van der Waals surface area (Å²) in [6.07, 6.45) is 8.53. The van der Waals surface area contributed by atoms with Gasteiger partial charge < -0.3 is 5.32 Å². The van der Waals surface area contributed by atoms with E-state index >= 15 is 0 Å². The van der Waals surface area contributed by atoms with Crippen molar-refractivity contribution >= 4 is 23.5 Å². The lowest BCUT2D eigenvalue weighted by Gasteiger charge is -2.40. The van der Waals surface area contributed by atoms with Crippen LogP contribution in [0.4, 0.5) is 0 Å². The molecular weight excluding hydrogens is 246 g/mol. The van der Waals surface area contributed by atoms with Crippen molar-refractivity contribution in [2.45, 2.75) is 35.4 Å². The van der Waals surface area contributed by atoms with Gasteiger partial charge in [-0.25, -0.2) is 0 Å². The fraction of sp³-hybridized carbons (Fsp3) is 0.571. The minimum absolute atomic E-state index is 0.541. The van der Waals surface area contributed by atoms with Crippen LogP contribution < -0.4 is 5.32 Å². The van der Waals surface area contributed by atoms with Crippen molar-refractivity contribution < 1.29 is 0 Å². The third-order valence-electron chi connectivity index (χ3n) is 3.63. The molecule has 1 N–H and O–H groups in total. The maximum Gasteiger partial charge on any atom is 0.0281 e. The molecule has 0 aromatic heterocycles. The average molecular weight is 267 g/mol. The molecule has 0 amide bonds. The summed E-state index contributed by atoms with van der Waals surface area (Å²) in [5.74, 6) is 0. The van der Waals surface area contributed by atoms with Crippen molar-refractivity contribution in [1.82, 2.24) is 5.32 Å². The first-order valence-electron chi connectivity index (χ1n) is 6.17. The fourth-order valence-electron chi connectivity index (χ4n) is 2.20. The highest BCUT2D eigenvalue weighted by molar-refractivity contribution is 8.00. The Balaban J connectivity index is 1.77. The molecule has 0 heterocycles. The van der Waals surface area contributed by atoms with E-state index in [0.29, 0.717) is 4.75 Å². The zero-order chi connectivity index (χ0) is 12.1. The molecule has 1 aromatic carbocycles. The first-order chi connectivity index (χ1) is 8.28. The average Bonchev–Trinajstić information content (AvgIpc) is 2.33. The van der Waals surface area contributed by atoms with Gasteiger partial charge in [-0.05, 0) is 43.0 Å². The molecule has 1 aliphatic rings. The summed E-state index contributed by atoms with van der Waals surface area (Å²) in [7, 11) is 0. The van der Waals surface area contributed by atoms with Gasteiger partial charge in [0.25, 0.3) is 0 Å². The van der Waals surface area contributed by atoms with Crippen LogP contribution in [-0.2, 0) is 6.54 Å². The Morgan fingerprint density at radius 1 is 1.18 bits per heavy atom. The number of rotatable bonds is 6. The van der Waals surface area contributed by atoms with Gasteiger partial charge in [-0.2, -0.15) is 11.8 Å². The third kappa shape index (κ3) is 3.43. The maximum absolute atomic E-state index is 3.61. The molecule has 0 radical (unpaired) electrons. The van der Waals surface area contributed by atoms with E-state index in [4.69, 9.17) is 0 Å². The summed E-state index contributed by atoms with van der Waals surface area (Å²) in [5, 5.41) is 3.61. The number of thioether (sulfide) groups is 2. The van der Waals surface area contributed by atoms with Crippen LogP contribution in [0.25, 0.3) is 0 Å². The summed E-state index contributed by atoms with van der Waals surface area (Å²) in [6, 6.07) is 8.86. The van der Waals surface area contributed by atoms with E-state index < -0.39 is 0 Å². The highest BCUT2D eigenvalue weighted by Crippen LogP contribution is 2.42. The van der Waals surface area contributed by atoms with Crippen LogP contribution in [0.1, 0.15) is 24.8 Å². The largest absolute Gasteiger partial charge is 0.311 e. The first-order valence-corrected chi connectivity index (χ1v) is 8.62.